The van der Waals surface area contributed by atoms with E-state index in [0.717, 1.165) is 5.39 Å². The monoisotopic (exact) mass is 701 g/mol. The molecule has 9 nitrogen and oxygen atoms in total. The van der Waals surface area contributed by atoms with Crippen LogP contribution >= 0.6 is 43.5 Å². The molecule has 2 aromatic heterocycles. The van der Waals surface area contributed by atoms with Crippen LogP contribution in [0.2, 0.25) is 5.02 Å². The second-order valence-electron chi connectivity index (χ2n) is 8.74. The minimum absolute atomic E-state index is 0.211. The zero-order valence-corrected chi connectivity index (χ0v) is 25.9. The first-order valence-corrected chi connectivity index (χ1v) is 14.3. The van der Waals surface area contributed by atoms with Gasteiger partial charge in [0, 0.05) is 20.4 Å². The summed E-state index contributed by atoms with van der Waals surface area (Å²) in [6, 6.07) is 15.7. The van der Waals surface area contributed by atoms with E-state index in [1.165, 1.54) is 18.0 Å². The summed E-state index contributed by atoms with van der Waals surface area (Å²) in [4.78, 5) is 30.4. The molecule has 210 valence electrons. The fraction of sp³-hybridized carbons (Fsp3) is 0.172. The van der Waals surface area contributed by atoms with E-state index in [0.29, 0.717) is 53.3 Å². The Hall–Kier alpha value is -3.67. The predicted molar refractivity (Wildman–Crippen MR) is 164 cm³/mol. The summed E-state index contributed by atoms with van der Waals surface area (Å²) in [5, 5.41) is 6.23. The summed E-state index contributed by atoms with van der Waals surface area (Å²) in [6.07, 6.45) is 0.603. The van der Waals surface area contributed by atoms with E-state index in [1.807, 2.05) is 0 Å². The number of ether oxygens (including phenoxy) is 3. The molecule has 41 heavy (non-hydrogen) atoms. The van der Waals surface area contributed by atoms with Gasteiger partial charge in [-0.1, -0.05) is 23.7 Å². The number of hydrogen-bond donors (Lipinski definition) is 0. The summed E-state index contributed by atoms with van der Waals surface area (Å²) in [7, 11) is 1.47. The van der Waals surface area contributed by atoms with Gasteiger partial charge in [0.25, 0.3) is 5.56 Å². The highest BCUT2D eigenvalue weighted by Crippen LogP contribution is 2.43. The maximum Gasteiger partial charge on any atom is 0.347 e. The molecule has 2 heterocycles. The van der Waals surface area contributed by atoms with Crippen molar-refractivity contribution in [2.45, 2.75) is 20.0 Å². The molecule has 0 saturated heterocycles. The van der Waals surface area contributed by atoms with Gasteiger partial charge in [0.05, 0.1) is 35.3 Å². The Labute approximate surface area is 255 Å². The van der Waals surface area contributed by atoms with Crippen LogP contribution in [-0.4, -0.2) is 41.7 Å². The largest absolute Gasteiger partial charge is 0.493 e. The zero-order valence-electron chi connectivity index (χ0n) is 22.0. The first kappa shape index (κ1) is 28.8. The second-order valence-corrected chi connectivity index (χ2v) is 10.8. The Morgan fingerprint density at radius 1 is 1.17 bits per heavy atom. The molecule has 0 unspecified atom stereocenters. The van der Waals surface area contributed by atoms with Gasteiger partial charge in [-0.25, -0.2) is 9.78 Å². The van der Waals surface area contributed by atoms with Crippen LogP contribution in [0.15, 0.2) is 77.9 Å². The van der Waals surface area contributed by atoms with Gasteiger partial charge >= 0.3 is 5.97 Å². The fourth-order valence-corrected chi connectivity index (χ4v) is 5.17. The third kappa shape index (κ3) is 5.74. The number of aromatic nitrogens is 2. The summed E-state index contributed by atoms with van der Waals surface area (Å²) >= 11 is 13.2. The number of carbonyl (C=O) groups excluding carboxylic acids is 1. The van der Waals surface area contributed by atoms with Gasteiger partial charge in [-0.05, 0) is 88.2 Å². The van der Waals surface area contributed by atoms with Crippen LogP contribution in [0.1, 0.15) is 19.4 Å². The number of carbonyl (C=O) groups is 1. The highest BCUT2D eigenvalue weighted by atomic mass is 79.9. The molecule has 0 aliphatic carbocycles. The molecule has 0 fully saturated rings. The van der Waals surface area contributed by atoms with Crippen molar-refractivity contribution in [2.24, 2.45) is 5.10 Å². The lowest BCUT2D eigenvalue weighted by Gasteiger charge is -2.18. The number of benzene rings is 3. The van der Waals surface area contributed by atoms with E-state index >= 15 is 0 Å². The molecule has 0 amide bonds. The van der Waals surface area contributed by atoms with E-state index in [9.17, 15) is 9.59 Å². The van der Waals surface area contributed by atoms with Crippen molar-refractivity contribution in [2.75, 3.05) is 13.7 Å². The van der Waals surface area contributed by atoms with Crippen molar-refractivity contribution in [3.05, 3.63) is 84.5 Å². The zero-order chi connectivity index (χ0) is 29.3. The van der Waals surface area contributed by atoms with Crippen molar-refractivity contribution in [3.8, 4) is 23.1 Å². The van der Waals surface area contributed by atoms with Gasteiger partial charge < -0.3 is 18.6 Å². The molecule has 12 heteroatoms. The predicted octanol–water partition coefficient (Wildman–Crippen LogP) is 7.21. The molecule has 5 rings (SSSR count). The number of nitrogens with zero attached hydrogens (tertiary/aromatic N) is 3. The SMILES string of the molecule is CCOC(=O)[C@H](C)Oc1c(OC)cc(C=Nn2c(-c3cc4cc(Cl)ccc4o3)nc3ccccc3c2=O)c(Br)c1Br. The lowest BCUT2D eigenvalue weighted by molar-refractivity contribution is -0.150. The summed E-state index contributed by atoms with van der Waals surface area (Å²) in [6.45, 7) is 3.54. The first-order chi connectivity index (χ1) is 19.7. The minimum Gasteiger partial charge on any atom is -0.493 e. The Balaban J connectivity index is 1.62. The minimum atomic E-state index is -0.880. The van der Waals surface area contributed by atoms with Crippen molar-refractivity contribution in [1.29, 1.82) is 0 Å². The third-order valence-corrected chi connectivity index (χ3v) is 8.43. The van der Waals surface area contributed by atoms with Crippen molar-refractivity contribution in [1.82, 2.24) is 9.66 Å². The smallest absolute Gasteiger partial charge is 0.347 e. The number of halogens is 3. The maximum absolute atomic E-state index is 13.6. The lowest BCUT2D eigenvalue weighted by atomic mass is 10.2. The van der Waals surface area contributed by atoms with Gasteiger partial charge in [-0.2, -0.15) is 9.78 Å². The van der Waals surface area contributed by atoms with Gasteiger partial charge in [-0.15, -0.1) is 0 Å². The lowest BCUT2D eigenvalue weighted by Crippen LogP contribution is -2.26. The Kier molecular flexibility index (Phi) is 8.48. The molecular formula is C29H22Br2ClN3O6. The summed E-state index contributed by atoms with van der Waals surface area (Å²) in [5.41, 5.74) is 1.25. The number of para-hydroxylation sites is 1. The molecule has 0 aliphatic rings. The number of methoxy groups -OCH3 is 1. The average Bonchev–Trinajstić information content (AvgIpc) is 3.39. The maximum atomic E-state index is 13.6. The Bertz CT molecular complexity index is 1880. The standard InChI is InChI=1S/C29H22Br2ClN3O6/c1-4-39-29(37)15(2)40-26-22(38-3)13-17(24(30)25(26)31)14-33-35-27(34-20-8-6-5-7-19(20)28(35)36)23-12-16-11-18(32)9-10-21(16)41-23/h5-15H,4H2,1-3H3/t15-/m0/s1. The van der Waals surface area contributed by atoms with Crippen LogP contribution in [0.25, 0.3) is 33.5 Å². The molecule has 0 bridgehead atoms. The molecule has 0 radical (unpaired) electrons. The summed E-state index contributed by atoms with van der Waals surface area (Å²) < 4.78 is 24.7. The van der Waals surface area contributed by atoms with Crippen LogP contribution in [0.3, 0.4) is 0 Å². The number of fused-ring (bicyclic) bond motifs is 2. The summed E-state index contributed by atoms with van der Waals surface area (Å²) in [5.74, 6) is 0.672. The van der Waals surface area contributed by atoms with E-state index in [4.69, 9.17) is 35.2 Å². The number of hydrogen-bond acceptors (Lipinski definition) is 8. The van der Waals surface area contributed by atoms with Gasteiger partial charge in [0.2, 0.25) is 5.82 Å². The number of furan rings is 1. The van der Waals surface area contributed by atoms with Crippen LogP contribution in [0.5, 0.6) is 11.5 Å². The van der Waals surface area contributed by atoms with E-state index in [1.54, 1.807) is 68.4 Å². The van der Waals surface area contributed by atoms with Crippen LogP contribution in [-0.2, 0) is 9.53 Å². The number of rotatable bonds is 8. The first-order valence-electron chi connectivity index (χ1n) is 12.4. The number of esters is 1. The van der Waals surface area contributed by atoms with Crippen LogP contribution in [0, 0.1) is 0 Å². The quantitative estimate of drug-likeness (QED) is 0.124. The van der Waals surface area contributed by atoms with E-state index in [2.05, 4.69) is 37.0 Å². The van der Waals surface area contributed by atoms with Gasteiger partial charge in [-0.3, -0.25) is 4.79 Å². The molecular weight excluding hydrogens is 682 g/mol. The van der Waals surface area contributed by atoms with Crippen molar-refractivity contribution in [3.63, 3.8) is 0 Å². The molecule has 5 aromatic rings. The highest BCUT2D eigenvalue weighted by Gasteiger charge is 2.23. The normalized spacial score (nSPS) is 12.2. The van der Waals surface area contributed by atoms with Crippen molar-refractivity contribution >= 4 is 77.5 Å². The molecule has 0 aliphatic heterocycles. The Morgan fingerprint density at radius 2 is 1.95 bits per heavy atom. The van der Waals surface area contributed by atoms with E-state index < -0.39 is 12.1 Å². The molecule has 3 aromatic carbocycles. The molecule has 1 atom stereocenters. The topological polar surface area (TPSA) is 105 Å². The van der Waals surface area contributed by atoms with Gasteiger partial charge in [0.1, 0.15) is 5.58 Å². The van der Waals surface area contributed by atoms with Gasteiger partial charge in [0.15, 0.2) is 23.4 Å². The molecule has 0 saturated carbocycles. The highest BCUT2D eigenvalue weighted by molar-refractivity contribution is 9.13. The second kappa shape index (κ2) is 12.1. The molecule has 0 spiro atoms. The Morgan fingerprint density at radius 3 is 2.71 bits per heavy atom. The average molecular weight is 704 g/mol. The molecule has 0 N–H and O–H groups in total. The fourth-order valence-electron chi connectivity index (χ4n) is 4.08. The van der Waals surface area contributed by atoms with E-state index in [-0.39, 0.29) is 18.0 Å². The third-order valence-electron chi connectivity index (χ3n) is 6.05. The van der Waals surface area contributed by atoms with Crippen LogP contribution < -0.4 is 15.0 Å². The van der Waals surface area contributed by atoms with Crippen LogP contribution in [0.4, 0.5) is 0 Å². The van der Waals surface area contributed by atoms with Crippen molar-refractivity contribution < 1.29 is 23.4 Å².